The number of aliphatic hydroxyl groups is 1. The Morgan fingerprint density at radius 2 is 2.00 bits per heavy atom. The fraction of sp³-hybridized carbons (Fsp3) is 0.200. The highest BCUT2D eigenvalue weighted by atomic mass is 16.3. The Balaban J connectivity index is 2.37. The minimum absolute atomic E-state index is 0.111. The Labute approximate surface area is 81.8 Å². The van der Waals surface area contributed by atoms with Crippen LogP contribution < -0.4 is 0 Å². The molecule has 14 heavy (non-hydrogen) atoms. The number of hydrogen-bond donors (Lipinski definition) is 1. The van der Waals surface area contributed by atoms with Crippen LogP contribution in [-0.2, 0) is 6.42 Å². The molecule has 1 N–H and O–H groups in total. The van der Waals surface area contributed by atoms with Crippen molar-refractivity contribution in [3.05, 3.63) is 42.2 Å². The molecule has 1 aromatic carbocycles. The zero-order chi connectivity index (χ0) is 9.80. The van der Waals surface area contributed by atoms with Gasteiger partial charge in [-0.3, -0.25) is 0 Å². The van der Waals surface area contributed by atoms with E-state index in [1.165, 1.54) is 0 Å². The van der Waals surface area contributed by atoms with E-state index in [9.17, 15) is 0 Å². The maximum atomic E-state index is 8.84. The predicted octanol–water partition coefficient (Wildman–Crippen LogP) is 0.802. The number of para-hydroxylation sites is 1. The highest BCUT2D eigenvalue weighted by Gasteiger charge is 2.03. The van der Waals surface area contributed by atoms with Gasteiger partial charge in [0.1, 0.15) is 0 Å². The summed E-state index contributed by atoms with van der Waals surface area (Å²) in [4.78, 5) is 0. The molecule has 0 fully saturated rings. The Hall–Kier alpha value is -1.68. The van der Waals surface area contributed by atoms with Gasteiger partial charge in [0.25, 0.3) is 0 Å². The van der Waals surface area contributed by atoms with E-state index >= 15 is 0 Å². The van der Waals surface area contributed by atoms with Crippen LogP contribution in [0.5, 0.6) is 0 Å². The quantitative estimate of drug-likeness (QED) is 0.777. The molecule has 0 atom stereocenters. The van der Waals surface area contributed by atoms with Crippen molar-refractivity contribution in [2.45, 2.75) is 6.42 Å². The van der Waals surface area contributed by atoms with E-state index in [0.29, 0.717) is 6.42 Å². The van der Waals surface area contributed by atoms with Gasteiger partial charge in [-0.1, -0.05) is 23.4 Å². The maximum absolute atomic E-state index is 8.84. The Morgan fingerprint density at radius 1 is 1.21 bits per heavy atom. The number of hydrogen-bond acceptors (Lipinski definition) is 3. The van der Waals surface area contributed by atoms with E-state index in [1.54, 1.807) is 10.9 Å². The number of aliphatic hydroxyl groups excluding tert-OH is 1. The van der Waals surface area contributed by atoms with Crippen LogP contribution in [0, 0.1) is 0 Å². The van der Waals surface area contributed by atoms with E-state index in [-0.39, 0.29) is 6.61 Å². The molecule has 0 unspecified atom stereocenters. The van der Waals surface area contributed by atoms with Gasteiger partial charge in [0.05, 0.1) is 17.6 Å². The molecule has 0 aliphatic heterocycles. The summed E-state index contributed by atoms with van der Waals surface area (Å²) in [6.07, 6.45) is 2.24. The minimum Gasteiger partial charge on any atom is -0.396 e. The second-order valence-corrected chi connectivity index (χ2v) is 2.95. The van der Waals surface area contributed by atoms with Crippen molar-refractivity contribution >= 4 is 0 Å². The van der Waals surface area contributed by atoms with E-state index in [0.717, 1.165) is 11.4 Å². The van der Waals surface area contributed by atoms with Crippen LogP contribution in [0.1, 0.15) is 5.69 Å². The summed E-state index contributed by atoms with van der Waals surface area (Å²) >= 11 is 0. The van der Waals surface area contributed by atoms with Crippen LogP contribution in [0.4, 0.5) is 0 Å². The fourth-order valence-electron chi connectivity index (χ4n) is 1.33. The summed E-state index contributed by atoms with van der Waals surface area (Å²) in [7, 11) is 0. The molecule has 4 heteroatoms. The van der Waals surface area contributed by atoms with Crippen LogP contribution in [0.3, 0.4) is 0 Å². The van der Waals surface area contributed by atoms with Gasteiger partial charge in [-0.05, 0) is 12.1 Å². The zero-order valence-corrected chi connectivity index (χ0v) is 7.67. The van der Waals surface area contributed by atoms with E-state index in [2.05, 4.69) is 10.3 Å². The normalized spacial score (nSPS) is 10.4. The summed E-state index contributed by atoms with van der Waals surface area (Å²) < 4.78 is 1.73. The molecule has 1 heterocycles. The molecule has 0 spiro atoms. The molecule has 0 saturated carbocycles. The van der Waals surface area contributed by atoms with Crippen LogP contribution in [-0.4, -0.2) is 26.7 Å². The largest absolute Gasteiger partial charge is 0.396 e. The summed E-state index contributed by atoms with van der Waals surface area (Å²) in [5.74, 6) is 0. The third kappa shape index (κ3) is 1.65. The zero-order valence-electron chi connectivity index (χ0n) is 7.67. The number of rotatable bonds is 3. The lowest BCUT2D eigenvalue weighted by atomic mass is 10.3. The van der Waals surface area contributed by atoms with E-state index in [1.807, 2.05) is 30.3 Å². The Bertz CT molecular complexity index is 397. The van der Waals surface area contributed by atoms with Gasteiger partial charge in [0.2, 0.25) is 0 Å². The Kier molecular flexibility index (Phi) is 2.55. The van der Waals surface area contributed by atoms with Crippen molar-refractivity contribution in [3.8, 4) is 5.69 Å². The van der Waals surface area contributed by atoms with Crippen LogP contribution in [0.15, 0.2) is 36.5 Å². The van der Waals surface area contributed by atoms with Crippen molar-refractivity contribution in [2.75, 3.05) is 6.61 Å². The summed E-state index contributed by atoms with van der Waals surface area (Å²) in [6, 6.07) is 9.75. The third-order valence-corrected chi connectivity index (χ3v) is 1.99. The second kappa shape index (κ2) is 4.02. The van der Waals surface area contributed by atoms with Gasteiger partial charge < -0.3 is 5.11 Å². The first-order chi connectivity index (χ1) is 6.92. The highest BCUT2D eigenvalue weighted by molar-refractivity contribution is 5.31. The highest BCUT2D eigenvalue weighted by Crippen LogP contribution is 2.08. The molecule has 0 amide bonds. The molecule has 2 aromatic rings. The topological polar surface area (TPSA) is 50.9 Å². The minimum atomic E-state index is 0.111. The molecule has 0 aliphatic carbocycles. The average Bonchev–Trinajstić information content (AvgIpc) is 2.68. The lowest BCUT2D eigenvalue weighted by molar-refractivity contribution is 0.297. The van der Waals surface area contributed by atoms with Crippen molar-refractivity contribution in [3.63, 3.8) is 0 Å². The smallest absolute Gasteiger partial charge is 0.0730 e. The summed E-state index contributed by atoms with van der Waals surface area (Å²) in [5.41, 5.74) is 1.88. The van der Waals surface area contributed by atoms with Crippen molar-refractivity contribution in [1.29, 1.82) is 0 Å². The monoisotopic (exact) mass is 189 g/mol. The van der Waals surface area contributed by atoms with Crippen LogP contribution in [0.2, 0.25) is 0 Å². The first kappa shape index (κ1) is 8.90. The van der Waals surface area contributed by atoms with E-state index in [4.69, 9.17) is 5.11 Å². The molecular weight excluding hydrogens is 178 g/mol. The second-order valence-electron chi connectivity index (χ2n) is 2.95. The molecule has 0 saturated heterocycles. The molecule has 0 radical (unpaired) electrons. The standard InChI is InChI=1S/C10H11N3O/c14-7-6-10-8-11-12-13(10)9-4-2-1-3-5-9/h1-5,8,14H,6-7H2. The first-order valence-corrected chi connectivity index (χ1v) is 4.47. The number of nitrogens with zero attached hydrogens (tertiary/aromatic N) is 3. The molecule has 72 valence electrons. The predicted molar refractivity (Wildman–Crippen MR) is 52.1 cm³/mol. The van der Waals surface area contributed by atoms with Crippen molar-refractivity contribution < 1.29 is 5.11 Å². The summed E-state index contributed by atoms with van der Waals surface area (Å²) in [6.45, 7) is 0.111. The average molecular weight is 189 g/mol. The molecule has 0 bridgehead atoms. The number of aromatic nitrogens is 3. The van der Waals surface area contributed by atoms with Gasteiger partial charge in [0.15, 0.2) is 0 Å². The molecule has 2 rings (SSSR count). The van der Waals surface area contributed by atoms with Gasteiger partial charge in [-0.15, -0.1) is 5.10 Å². The molecule has 0 aliphatic rings. The molecule has 4 nitrogen and oxygen atoms in total. The van der Waals surface area contributed by atoms with Crippen LogP contribution >= 0.6 is 0 Å². The number of benzene rings is 1. The third-order valence-electron chi connectivity index (χ3n) is 1.99. The SMILES string of the molecule is OCCc1cnnn1-c1ccccc1. The molecular formula is C10H11N3O. The van der Waals surface area contributed by atoms with Crippen LogP contribution in [0.25, 0.3) is 5.69 Å². The maximum Gasteiger partial charge on any atom is 0.0730 e. The fourth-order valence-corrected chi connectivity index (χ4v) is 1.33. The molecule has 1 aromatic heterocycles. The first-order valence-electron chi connectivity index (χ1n) is 4.47. The van der Waals surface area contributed by atoms with Crippen molar-refractivity contribution in [1.82, 2.24) is 15.0 Å². The van der Waals surface area contributed by atoms with Gasteiger partial charge in [0, 0.05) is 13.0 Å². The van der Waals surface area contributed by atoms with Gasteiger partial charge in [-0.2, -0.15) is 0 Å². The lowest BCUT2D eigenvalue weighted by Crippen LogP contribution is -2.03. The summed E-state index contributed by atoms with van der Waals surface area (Å²) in [5, 5.41) is 16.6. The lowest BCUT2D eigenvalue weighted by Gasteiger charge is -2.03. The van der Waals surface area contributed by atoms with Gasteiger partial charge in [-0.25, -0.2) is 4.68 Å². The Morgan fingerprint density at radius 3 is 2.71 bits per heavy atom. The van der Waals surface area contributed by atoms with Gasteiger partial charge >= 0.3 is 0 Å². The van der Waals surface area contributed by atoms with E-state index < -0.39 is 0 Å². The van der Waals surface area contributed by atoms with Crippen molar-refractivity contribution in [2.24, 2.45) is 0 Å².